The van der Waals surface area contributed by atoms with Gasteiger partial charge >= 0.3 is 0 Å². The van der Waals surface area contributed by atoms with Gasteiger partial charge in [-0.15, -0.1) is 0 Å². The first-order chi connectivity index (χ1) is 12.0. The molecule has 0 spiro atoms. The molecule has 0 saturated carbocycles. The minimum atomic E-state index is 0.362. The lowest BCUT2D eigenvalue weighted by Crippen LogP contribution is -2.19. The van der Waals surface area contributed by atoms with Crippen LogP contribution in [0.2, 0.25) is 10.0 Å². The summed E-state index contributed by atoms with van der Waals surface area (Å²) < 4.78 is 11.7. The molecule has 0 aromatic heterocycles. The quantitative estimate of drug-likeness (QED) is 0.602. The first-order valence-electron chi connectivity index (χ1n) is 8.53. The van der Waals surface area contributed by atoms with E-state index in [1.54, 1.807) is 0 Å². The van der Waals surface area contributed by atoms with Crippen molar-refractivity contribution < 1.29 is 9.47 Å². The fourth-order valence-corrected chi connectivity index (χ4v) is 2.77. The Morgan fingerprint density at radius 2 is 1.68 bits per heavy atom. The van der Waals surface area contributed by atoms with Crippen molar-refractivity contribution in [1.29, 1.82) is 0 Å². The predicted octanol–water partition coefficient (Wildman–Crippen LogP) is 5.72. The van der Waals surface area contributed by atoms with Crippen LogP contribution in [0.5, 0.6) is 11.5 Å². The van der Waals surface area contributed by atoms with Crippen LogP contribution in [0.3, 0.4) is 0 Å². The summed E-state index contributed by atoms with van der Waals surface area (Å²) in [5.74, 6) is 1.91. The highest BCUT2D eigenvalue weighted by atomic mass is 35.5. The van der Waals surface area contributed by atoms with Gasteiger partial charge in [0.05, 0.1) is 6.61 Å². The number of benzene rings is 2. The van der Waals surface area contributed by atoms with Crippen LogP contribution in [0.4, 0.5) is 0 Å². The Hall–Kier alpha value is -1.42. The van der Waals surface area contributed by atoms with E-state index in [2.05, 4.69) is 19.2 Å². The minimum absolute atomic E-state index is 0.362. The standard InChI is InChI=1S/C20H25Cl2NO2/c1-4-24-19-9-16(12-23-11-14(2)3)18(22)10-20(19)25-13-15-7-5-6-8-17(15)21/h5-10,14,23H,4,11-13H2,1-3H3. The fourth-order valence-electron chi connectivity index (χ4n) is 2.36. The van der Waals surface area contributed by atoms with Gasteiger partial charge in [0.15, 0.2) is 11.5 Å². The van der Waals surface area contributed by atoms with Gasteiger partial charge in [-0.3, -0.25) is 0 Å². The van der Waals surface area contributed by atoms with Gasteiger partial charge in [-0.1, -0.05) is 55.2 Å². The molecule has 0 amide bonds. The summed E-state index contributed by atoms with van der Waals surface area (Å²) in [7, 11) is 0. The largest absolute Gasteiger partial charge is 0.490 e. The Balaban J connectivity index is 2.13. The maximum Gasteiger partial charge on any atom is 0.163 e. The molecule has 2 aromatic rings. The van der Waals surface area contributed by atoms with Crippen LogP contribution < -0.4 is 14.8 Å². The van der Waals surface area contributed by atoms with Crippen LogP contribution in [-0.4, -0.2) is 13.2 Å². The Kier molecular flexibility index (Phi) is 7.89. The summed E-state index contributed by atoms with van der Waals surface area (Å²) in [6.07, 6.45) is 0. The number of halogens is 2. The third-order valence-electron chi connectivity index (χ3n) is 3.62. The molecule has 0 aliphatic carbocycles. The molecule has 0 heterocycles. The van der Waals surface area contributed by atoms with E-state index in [1.807, 2.05) is 43.3 Å². The number of rotatable bonds is 9. The van der Waals surface area contributed by atoms with E-state index in [4.69, 9.17) is 32.7 Å². The van der Waals surface area contributed by atoms with Crippen molar-refractivity contribution in [3.8, 4) is 11.5 Å². The first-order valence-corrected chi connectivity index (χ1v) is 9.29. The Labute approximate surface area is 160 Å². The Morgan fingerprint density at radius 1 is 0.960 bits per heavy atom. The monoisotopic (exact) mass is 381 g/mol. The first kappa shape index (κ1) is 19.9. The van der Waals surface area contributed by atoms with Crippen LogP contribution >= 0.6 is 23.2 Å². The van der Waals surface area contributed by atoms with Gasteiger partial charge in [0.2, 0.25) is 0 Å². The second-order valence-electron chi connectivity index (χ2n) is 6.23. The third-order valence-corrected chi connectivity index (χ3v) is 4.34. The van der Waals surface area contributed by atoms with Crippen molar-refractivity contribution in [2.24, 2.45) is 5.92 Å². The van der Waals surface area contributed by atoms with Crippen molar-refractivity contribution in [3.63, 3.8) is 0 Å². The van der Waals surface area contributed by atoms with E-state index >= 15 is 0 Å². The molecule has 1 N–H and O–H groups in total. The molecule has 0 unspecified atom stereocenters. The Bertz CT molecular complexity index is 689. The lowest BCUT2D eigenvalue weighted by molar-refractivity contribution is 0.269. The van der Waals surface area contributed by atoms with E-state index in [0.29, 0.717) is 47.2 Å². The highest BCUT2D eigenvalue weighted by Crippen LogP contribution is 2.34. The normalized spacial score (nSPS) is 11.0. The fraction of sp³-hybridized carbons (Fsp3) is 0.400. The van der Waals surface area contributed by atoms with Crippen molar-refractivity contribution in [3.05, 3.63) is 57.6 Å². The molecule has 2 aromatic carbocycles. The molecule has 25 heavy (non-hydrogen) atoms. The molecule has 5 heteroatoms. The molecule has 136 valence electrons. The summed E-state index contributed by atoms with van der Waals surface area (Å²) >= 11 is 12.6. The van der Waals surface area contributed by atoms with Crippen LogP contribution in [0.15, 0.2) is 36.4 Å². The van der Waals surface area contributed by atoms with Crippen LogP contribution in [0, 0.1) is 5.92 Å². The molecule has 0 fully saturated rings. The van der Waals surface area contributed by atoms with Gasteiger partial charge < -0.3 is 14.8 Å². The van der Waals surface area contributed by atoms with Crippen LogP contribution in [-0.2, 0) is 13.2 Å². The van der Waals surface area contributed by atoms with E-state index in [-0.39, 0.29) is 0 Å². The minimum Gasteiger partial charge on any atom is -0.490 e. The van der Waals surface area contributed by atoms with E-state index in [0.717, 1.165) is 17.7 Å². The van der Waals surface area contributed by atoms with Gasteiger partial charge in [0.25, 0.3) is 0 Å². The third kappa shape index (κ3) is 6.10. The lowest BCUT2D eigenvalue weighted by Gasteiger charge is -2.16. The highest BCUT2D eigenvalue weighted by Gasteiger charge is 2.12. The molecular formula is C20H25Cl2NO2. The number of ether oxygens (including phenoxy) is 2. The summed E-state index contributed by atoms with van der Waals surface area (Å²) in [6, 6.07) is 11.4. The smallest absolute Gasteiger partial charge is 0.163 e. The molecular weight excluding hydrogens is 357 g/mol. The average Bonchev–Trinajstić information content (AvgIpc) is 2.57. The van der Waals surface area contributed by atoms with E-state index in [9.17, 15) is 0 Å². The predicted molar refractivity (Wildman–Crippen MR) is 105 cm³/mol. The zero-order chi connectivity index (χ0) is 18.2. The zero-order valence-electron chi connectivity index (χ0n) is 14.9. The van der Waals surface area contributed by atoms with E-state index in [1.165, 1.54) is 0 Å². The van der Waals surface area contributed by atoms with Gasteiger partial charge in [0, 0.05) is 28.2 Å². The van der Waals surface area contributed by atoms with Gasteiger partial charge in [0.1, 0.15) is 6.61 Å². The van der Waals surface area contributed by atoms with Gasteiger partial charge in [-0.25, -0.2) is 0 Å². The molecule has 0 aliphatic heterocycles. The SMILES string of the molecule is CCOc1cc(CNCC(C)C)c(Cl)cc1OCc1ccccc1Cl. The molecule has 0 bridgehead atoms. The number of nitrogens with one attached hydrogen (secondary N) is 1. The van der Waals surface area contributed by atoms with Crippen LogP contribution in [0.1, 0.15) is 31.9 Å². The average molecular weight is 382 g/mol. The zero-order valence-corrected chi connectivity index (χ0v) is 16.5. The second kappa shape index (κ2) is 9.91. The summed E-state index contributed by atoms with van der Waals surface area (Å²) in [5, 5.41) is 4.74. The number of hydrogen-bond acceptors (Lipinski definition) is 3. The summed E-state index contributed by atoms with van der Waals surface area (Å²) in [5.41, 5.74) is 1.92. The maximum atomic E-state index is 6.43. The summed E-state index contributed by atoms with van der Waals surface area (Å²) in [6.45, 7) is 8.85. The molecule has 0 aliphatic rings. The van der Waals surface area contributed by atoms with Crippen molar-refractivity contribution in [2.45, 2.75) is 33.9 Å². The lowest BCUT2D eigenvalue weighted by atomic mass is 10.1. The molecule has 0 radical (unpaired) electrons. The van der Waals surface area contributed by atoms with Crippen LogP contribution in [0.25, 0.3) is 0 Å². The van der Waals surface area contributed by atoms with Crippen molar-refractivity contribution in [1.82, 2.24) is 5.32 Å². The molecule has 0 saturated heterocycles. The second-order valence-corrected chi connectivity index (χ2v) is 7.04. The maximum absolute atomic E-state index is 6.43. The van der Waals surface area contributed by atoms with Crippen molar-refractivity contribution >= 4 is 23.2 Å². The Morgan fingerprint density at radius 3 is 2.36 bits per heavy atom. The molecule has 0 atom stereocenters. The van der Waals surface area contributed by atoms with E-state index < -0.39 is 0 Å². The molecule has 3 nitrogen and oxygen atoms in total. The summed E-state index contributed by atoms with van der Waals surface area (Å²) in [4.78, 5) is 0. The highest BCUT2D eigenvalue weighted by molar-refractivity contribution is 6.31. The van der Waals surface area contributed by atoms with Gasteiger partial charge in [-0.2, -0.15) is 0 Å². The molecule has 2 rings (SSSR count). The van der Waals surface area contributed by atoms with Gasteiger partial charge in [-0.05, 0) is 37.1 Å². The van der Waals surface area contributed by atoms with Crippen molar-refractivity contribution in [2.75, 3.05) is 13.2 Å². The number of hydrogen-bond donors (Lipinski definition) is 1. The topological polar surface area (TPSA) is 30.5 Å².